The van der Waals surface area contributed by atoms with Gasteiger partial charge in [-0.15, -0.1) is 11.3 Å². The molecule has 1 aromatic heterocycles. The number of ether oxygens (including phenoxy) is 1. The number of nitrogens with zero attached hydrogens (tertiary/aromatic N) is 1. The van der Waals surface area contributed by atoms with Crippen LogP contribution in [0.3, 0.4) is 0 Å². The molecule has 134 valence electrons. The summed E-state index contributed by atoms with van der Waals surface area (Å²) in [6, 6.07) is 10.7. The van der Waals surface area contributed by atoms with Gasteiger partial charge in [-0.05, 0) is 48.6 Å². The molecule has 0 bridgehead atoms. The lowest BCUT2D eigenvalue weighted by Gasteiger charge is -2.21. The van der Waals surface area contributed by atoms with Crippen molar-refractivity contribution in [2.24, 2.45) is 0 Å². The summed E-state index contributed by atoms with van der Waals surface area (Å²) >= 11 is 7.99. The summed E-state index contributed by atoms with van der Waals surface area (Å²) in [6.07, 6.45) is 2.66. The van der Waals surface area contributed by atoms with Gasteiger partial charge < -0.3 is 4.74 Å². The maximum atomic E-state index is 12.5. The van der Waals surface area contributed by atoms with Crippen LogP contribution in [0.4, 0.5) is 0 Å². The SMILES string of the molecule is CCC(C)N1C(=O)/C(=C/c2ccc(OC(=O)c3cccs3)cc2)SC1=S. The fourth-order valence-corrected chi connectivity index (χ4v) is 4.44. The number of amides is 1. The molecular weight excluding hydrogens is 386 g/mol. The Kier molecular flexibility index (Phi) is 5.90. The van der Waals surface area contributed by atoms with Crippen LogP contribution < -0.4 is 4.74 Å². The van der Waals surface area contributed by atoms with Crippen LogP contribution in [0.2, 0.25) is 0 Å². The molecule has 0 spiro atoms. The summed E-state index contributed by atoms with van der Waals surface area (Å²) in [5, 5.41) is 1.83. The van der Waals surface area contributed by atoms with Crippen LogP contribution in [0, 0.1) is 0 Å². The number of thiocarbonyl (C=S) groups is 1. The van der Waals surface area contributed by atoms with Crippen LogP contribution in [-0.4, -0.2) is 27.1 Å². The van der Waals surface area contributed by atoms with E-state index in [-0.39, 0.29) is 17.9 Å². The van der Waals surface area contributed by atoms with Crippen molar-refractivity contribution < 1.29 is 14.3 Å². The van der Waals surface area contributed by atoms with Crippen molar-refractivity contribution in [1.82, 2.24) is 4.90 Å². The Balaban J connectivity index is 1.71. The van der Waals surface area contributed by atoms with Gasteiger partial charge in [-0.2, -0.15) is 0 Å². The summed E-state index contributed by atoms with van der Waals surface area (Å²) in [4.78, 5) is 27.3. The number of rotatable bonds is 5. The zero-order valence-electron chi connectivity index (χ0n) is 14.3. The lowest BCUT2D eigenvalue weighted by molar-refractivity contribution is -0.123. The second kappa shape index (κ2) is 8.16. The normalized spacial score (nSPS) is 17.0. The topological polar surface area (TPSA) is 46.6 Å². The van der Waals surface area contributed by atoms with Crippen molar-refractivity contribution in [3.05, 3.63) is 57.1 Å². The monoisotopic (exact) mass is 403 g/mol. The van der Waals surface area contributed by atoms with E-state index in [0.29, 0.717) is 19.9 Å². The molecule has 4 nitrogen and oxygen atoms in total. The summed E-state index contributed by atoms with van der Waals surface area (Å²) in [6.45, 7) is 4.02. The van der Waals surface area contributed by atoms with Gasteiger partial charge in [0.2, 0.25) is 0 Å². The Bertz CT molecular complexity index is 857. The van der Waals surface area contributed by atoms with E-state index < -0.39 is 0 Å². The summed E-state index contributed by atoms with van der Waals surface area (Å²) in [7, 11) is 0. The average molecular weight is 404 g/mol. The van der Waals surface area contributed by atoms with Crippen molar-refractivity contribution in [2.45, 2.75) is 26.3 Å². The summed E-state index contributed by atoms with van der Waals surface area (Å²) in [5.74, 6) is 0.0393. The first-order valence-electron chi connectivity index (χ1n) is 8.12. The third-order valence-electron chi connectivity index (χ3n) is 3.97. The first-order valence-corrected chi connectivity index (χ1v) is 10.2. The molecule has 1 fully saturated rings. The number of thiophene rings is 1. The Hall–Kier alpha value is -1.96. The third kappa shape index (κ3) is 4.06. The third-order valence-corrected chi connectivity index (χ3v) is 6.15. The van der Waals surface area contributed by atoms with E-state index in [1.165, 1.54) is 23.1 Å². The van der Waals surface area contributed by atoms with E-state index in [2.05, 4.69) is 0 Å². The van der Waals surface area contributed by atoms with Gasteiger partial charge in [0.25, 0.3) is 5.91 Å². The predicted molar refractivity (Wildman–Crippen MR) is 110 cm³/mol. The van der Waals surface area contributed by atoms with E-state index in [1.807, 2.05) is 37.4 Å². The lowest BCUT2D eigenvalue weighted by Crippen LogP contribution is -2.36. The van der Waals surface area contributed by atoms with Gasteiger partial charge in [0, 0.05) is 6.04 Å². The number of hydrogen-bond donors (Lipinski definition) is 0. The Morgan fingerprint density at radius 1 is 1.31 bits per heavy atom. The van der Waals surface area contributed by atoms with E-state index in [0.717, 1.165) is 12.0 Å². The van der Waals surface area contributed by atoms with Gasteiger partial charge in [-0.1, -0.05) is 49.1 Å². The fraction of sp³-hybridized carbons (Fsp3) is 0.211. The minimum Gasteiger partial charge on any atom is -0.422 e. The quantitative estimate of drug-likeness (QED) is 0.305. The molecular formula is C19H17NO3S3. The molecule has 7 heteroatoms. The molecule has 2 heterocycles. The first kappa shape index (κ1) is 18.8. The van der Waals surface area contributed by atoms with Crippen LogP contribution in [-0.2, 0) is 4.79 Å². The second-order valence-corrected chi connectivity index (χ2v) is 8.37. The van der Waals surface area contributed by atoms with Gasteiger partial charge >= 0.3 is 5.97 Å². The van der Waals surface area contributed by atoms with E-state index in [1.54, 1.807) is 29.2 Å². The van der Waals surface area contributed by atoms with Crippen LogP contribution in [0.5, 0.6) is 5.75 Å². The Morgan fingerprint density at radius 2 is 2.04 bits per heavy atom. The number of esters is 1. The highest BCUT2D eigenvalue weighted by Crippen LogP contribution is 2.34. The molecule has 1 aliphatic heterocycles. The molecule has 0 saturated carbocycles. The molecule has 1 saturated heterocycles. The maximum Gasteiger partial charge on any atom is 0.353 e. The largest absolute Gasteiger partial charge is 0.422 e. The molecule has 0 radical (unpaired) electrons. The van der Waals surface area contributed by atoms with Gasteiger partial charge in [0.15, 0.2) is 0 Å². The van der Waals surface area contributed by atoms with E-state index in [9.17, 15) is 9.59 Å². The number of thioether (sulfide) groups is 1. The van der Waals surface area contributed by atoms with Crippen LogP contribution in [0.1, 0.15) is 35.5 Å². The van der Waals surface area contributed by atoms with Crippen LogP contribution >= 0.6 is 35.3 Å². The van der Waals surface area contributed by atoms with E-state index >= 15 is 0 Å². The molecule has 1 aromatic carbocycles. The van der Waals surface area contributed by atoms with Crippen LogP contribution in [0.15, 0.2) is 46.7 Å². The fourth-order valence-electron chi connectivity index (χ4n) is 2.38. The molecule has 1 atom stereocenters. The minimum atomic E-state index is -0.373. The van der Waals surface area contributed by atoms with Crippen molar-refractivity contribution in [1.29, 1.82) is 0 Å². The highest BCUT2D eigenvalue weighted by atomic mass is 32.2. The predicted octanol–water partition coefficient (Wildman–Crippen LogP) is 4.97. The van der Waals surface area contributed by atoms with Crippen molar-refractivity contribution in [3.63, 3.8) is 0 Å². The first-order chi connectivity index (χ1) is 12.5. The van der Waals surface area contributed by atoms with Gasteiger partial charge in [0.1, 0.15) is 14.9 Å². The molecule has 1 unspecified atom stereocenters. The average Bonchev–Trinajstić information content (AvgIpc) is 3.25. The molecule has 2 aromatic rings. The molecule has 0 N–H and O–H groups in total. The van der Waals surface area contributed by atoms with Gasteiger partial charge in [-0.3, -0.25) is 9.69 Å². The highest BCUT2D eigenvalue weighted by molar-refractivity contribution is 8.26. The molecule has 26 heavy (non-hydrogen) atoms. The Labute approximate surface area is 165 Å². The Morgan fingerprint density at radius 3 is 2.65 bits per heavy atom. The van der Waals surface area contributed by atoms with Gasteiger partial charge in [-0.25, -0.2) is 4.79 Å². The maximum absolute atomic E-state index is 12.5. The number of carbonyl (C=O) groups is 2. The molecule has 1 aliphatic rings. The van der Waals surface area contributed by atoms with E-state index in [4.69, 9.17) is 17.0 Å². The molecule has 3 rings (SSSR count). The number of benzene rings is 1. The number of hydrogen-bond acceptors (Lipinski definition) is 6. The highest BCUT2D eigenvalue weighted by Gasteiger charge is 2.34. The lowest BCUT2D eigenvalue weighted by atomic mass is 10.2. The second-order valence-electron chi connectivity index (χ2n) is 5.74. The summed E-state index contributed by atoms with van der Waals surface area (Å²) < 4.78 is 5.93. The smallest absolute Gasteiger partial charge is 0.353 e. The van der Waals surface area contributed by atoms with Gasteiger partial charge in [0.05, 0.1) is 4.91 Å². The standard InChI is InChI=1S/C19H17NO3S3/c1-3-12(2)20-17(21)16(26-19(20)24)11-13-6-8-14(9-7-13)23-18(22)15-5-4-10-25-15/h4-12H,3H2,1-2H3/b16-11-. The van der Waals surface area contributed by atoms with Crippen molar-refractivity contribution >= 4 is 57.6 Å². The summed E-state index contributed by atoms with van der Waals surface area (Å²) in [5.41, 5.74) is 0.852. The zero-order valence-corrected chi connectivity index (χ0v) is 16.7. The van der Waals surface area contributed by atoms with Crippen molar-refractivity contribution in [3.8, 4) is 5.75 Å². The number of carbonyl (C=O) groups excluding carboxylic acids is 2. The molecule has 0 aliphatic carbocycles. The van der Waals surface area contributed by atoms with Crippen molar-refractivity contribution in [2.75, 3.05) is 0 Å². The minimum absolute atomic E-state index is 0.0532. The zero-order chi connectivity index (χ0) is 18.7. The van der Waals surface area contributed by atoms with Crippen LogP contribution in [0.25, 0.3) is 6.08 Å². The molecule has 1 amide bonds.